The van der Waals surface area contributed by atoms with Crippen LogP contribution in [0.2, 0.25) is 0 Å². The molecule has 76 valence electrons. The van der Waals surface area contributed by atoms with E-state index >= 15 is 0 Å². The summed E-state index contributed by atoms with van der Waals surface area (Å²) in [5.41, 5.74) is 0.828. The quantitative estimate of drug-likeness (QED) is 0.754. The topological polar surface area (TPSA) is 57.4 Å². The lowest BCUT2D eigenvalue weighted by Crippen LogP contribution is -1.92. The van der Waals surface area contributed by atoms with Gasteiger partial charge in [-0.05, 0) is 18.2 Å². The van der Waals surface area contributed by atoms with Crippen LogP contribution in [-0.2, 0) is 0 Å². The maximum Gasteiger partial charge on any atom is 0.278 e. The van der Waals surface area contributed by atoms with E-state index in [1.807, 2.05) is 40.8 Å². The first kappa shape index (κ1) is 8.96. The number of ether oxygens (including phenoxy) is 2. The Morgan fingerprint density at radius 2 is 2.00 bits per heavy atom. The third kappa shape index (κ3) is 1.54. The smallest absolute Gasteiger partial charge is 0.278 e. The van der Waals surface area contributed by atoms with E-state index in [2.05, 4.69) is 10.2 Å². The van der Waals surface area contributed by atoms with E-state index in [9.17, 15) is 0 Å². The molecule has 0 bridgehead atoms. The van der Waals surface area contributed by atoms with Gasteiger partial charge in [0.1, 0.15) is 0 Å². The Morgan fingerprint density at radius 1 is 1.13 bits per heavy atom. The fraction of sp³-hybridized carbons (Fsp3) is 0.111. The molecule has 0 unspecified atom stereocenters. The van der Waals surface area contributed by atoms with Crippen molar-refractivity contribution in [3.05, 3.63) is 22.1 Å². The van der Waals surface area contributed by atoms with Gasteiger partial charge in [-0.15, -0.1) is 10.2 Å². The van der Waals surface area contributed by atoms with Gasteiger partial charge in [0, 0.05) is 28.2 Å². The standard InChI is InChI=1S/C9H5IN2O3/c10-9-12-11-8(15-9)5-1-2-6-7(3-5)14-4-13-6/h1-3H,4H2. The molecule has 1 aromatic heterocycles. The molecule has 0 amide bonds. The van der Waals surface area contributed by atoms with E-state index in [4.69, 9.17) is 13.9 Å². The highest BCUT2D eigenvalue weighted by molar-refractivity contribution is 14.1. The predicted octanol–water partition coefficient (Wildman–Crippen LogP) is 2.07. The van der Waals surface area contributed by atoms with E-state index in [-0.39, 0.29) is 6.79 Å². The third-order valence-corrected chi connectivity index (χ3v) is 2.46. The summed E-state index contributed by atoms with van der Waals surface area (Å²) in [6, 6.07) is 5.51. The molecule has 5 nitrogen and oxygen atoms in total. The molecule has 1 aliphatic rings. The molecule has 0 saturated heterocycles. The van der Waals surface area contributed by atoms with Gasteiger partial charge in [-0.25, -0.2) is 0 Å². The van der Waals surface area contributed by atoms with Gasteiger partial charge in [-0.3, -0.25) is 0 Å². The lowest BCUT2D eigenvalue weighted by atomic mass is 10.2. The van der Waals surface area contributed by atoms with Crippen molar-refractivity contribution in [1.29, 1.82) is 0 Å². The zero-order chi connectivity index (χ0) is 10.3. The molecule has 0 aliphatic carbocycles. The van der Waals surface area contributed by atoms with Crippen LogP contribution in [-0.4, -0.2) is 17.0 Å². The number of aromatic nitrogens is 2. The fourth-order valence-electron chi connectivity index (χ4n) is 1.35. The normalized spacial score (nSPS) is 13.1. The van der Waals surface area contributed by atoms with Crippen molar-refractivity contribution in [2.24, 2.45) is 0 Å². The highest BCUT2D eigenvalue weighted by atomic mass is 127. The summed E-state index contributed by atoms with van der Waals surface area (Å²) in [6.07, 6.45) is 0. The van der Waals surface area contributed by atoms with E-state index in [1.54, 1.807) is 0 Å². The Morgan fingerprint density at radius 3 is 2.80 bits per heavy atom. The highest BCUT2D eigenvalue weighted by Gasteiger charge is 2.15. The summed E-state index contributed by atoms with van der Waals surface area (Å²) >= 11 is 1.97. The van der Waals surface area contributed by atoms with Crippen LogP contribution in [0.3, 0.4) is 0 Å². The average molecular weight is 316 g/mol. The maximum atomic E-state index is 5.30. The van der Waals surface area contributed by atoms with E-state index in [1.165, 1.54) is 0 Å². The van der Waals surface area contributed by atoms with E-state index < -0.39 is 0 Å². The summed E-state index contributed by atoms with van der Waals surface area (Å²) in [6.45, 7) is 0.264. The molecular formula is C9H5IN2O3. The molecular weight excluding hydrogens is 311 g/mol. The number of halogens is 1. The number of rotatable bonds is 1. The third-order valence-electron chi connectivity index (χ3n) is 2.02. The lowest BCUT2D eigenvalue weighted by molar-refractivity contribution is 0.174. The number of hydrogen-bond donors (Lipinski definition) is 0. The van der Waals surface area contributed by atoms with Crippen molar-refractivity contribution in [3.8, 4) is 23.0 Å². The van der Waals surface area contributed by atoms with Crippen molar-refractivity contribution in [3.63, 3.8) is 0 Å². The van der Waals surface area contributed by atoms with Crippen LogP contribution >= 0.6 is 22.6 Å². The summed E-state index contributed by atoms with van der Waals surface area (Å²) in [7, 11) is 0. The second kappa shape index (κ2) is 3.37. The van der Waals surface area contributed by atoms with Crippen LogP contribution in [0.25, 0.3) is 11.5 Å². The molecule has 3 rings (SSSR count). The van der Waals surface area contributed by atoms with Crippen molar-refractivity contribution >= 4 is 22.6 Å². The van der Waals surface area contributed by atoms with E-state index in [0.29, 0.717) is 15.5 Å². The largest absolute Gasteiger partial charge is 0.454 e. The molecule has 1 aliphatic heterocycles. The summed E-state index contributed by atoms with van der Waals surface area (Å²) in [5.74, 6) is 1.94. The van der Waals surface area contributed by atoms with Gasteiger partial charge in [0.25, 0.3) is 3.90 Å². The molecule has 1 aromatic carbocycles. The fourth-order valence-corrected chi connectivity index (χ4v) is 1.67. The molecule has 0 radical (unpaired) electrons. The highest BCUT2D eigenvalue weighted by Crippen LogP contribution is 2.35. The van der Waals surface area contributed by atoms with Gasteiger partial charge in [-0.2, -0.15) is 0 Å². The van der Waals surface area contributed by atoms with Crippen LogP contribution in [0.1, 0.15) is 0 Å². The van der Waals surface area contributed by atoms with Gasteiger partial charge in [0.05, 0.1) is 0 Å². The predicted molar refractivity (Wildman–Crippen MR) is 58.6 cm³/mol. The Bertz CT molecular complexity index is 512. The first-order valence-corrected chi connectivity index (χ1v) is 5.30. The molecule has 0 atom stereocenters. The average Bonchev–Trinajstić information content (AvgIpc) is 2.84. The molecule has 6 heteroatoms. The molecule has 15 heavy (non-hydrogen) atoms. The minimum Gasteiger partial charge on any atom is -0.454 e. The zero-order valence-electron chi connectivity index (χ0n) is 7.44. The Balaban J connectivity index is 2.06. The van der Waals surface area contributed by atoms with Gasteiger partial charge < -0.3 is 13.9 Å². The van der Waals surface area contributed by atoms with Gasteiger partial charge in [0.15, 0.2) is 11.5 Å². The summed E-state index contributed by atoms with van der Waals surface area (Å²) < 4.78 is 16.3. The van der Waals surface area contributed by atoms with Crippen LogP contribution in [0.15, 0.2) is 22.6 Å². The number of benzene rings is 1. The Hall–Kier alpha value is -1.31. The minimum atomic E-state index is 0.264. The van der Waals surface area contributed by atoms with Gasteiger partial charge in [-0.1, -0.05) is 0 Å². The Kier molecular flexibility index (Phi) is 2.01. The van der Waals surface area contributed by atoms with Crippen molar-refractivity contribution in [2.75, 3.05) is 6.79 Å². The second-order valence-corrected chi connectivity index (χ2v) is 3.85. The van der Waals surface area contributed by atoms with Gasteiger partial charge >= 0.3 is 0 Å². The van der Waals surface area contributed by atoms with Crippen molar-refractivity contribution < 1.29 is 13.9 Å². The zero-order valence-corrected chi connectivity index (χ0v) is 9.59. The molecule has 2 aromatic rings. The van der Waals surface area contributed by atoms with Crippen LogP contribution < -0.4 is 9.47 Å². The van der Waals surface area contributed by atoms with Crippen LogP contribution in [0, 0.1) is 3.90 Å². The second-order valence-electron chi connectivity index (χ2n) is 2.93. The molecule has 0 N–H and O–H groups in total. The molecule has 0 fully saturated rings. The van der Waals surface area contributed by atoms with Gasteiger partial charge in [0.2, 0.25) is 12.7 Å². The van der Waals surface area contributed by atoms with Crippen LogP contribution in [0.5, 0.6) is 11.5 Å². The number of hydrogen-bond acceptors (Lipinski definition) is 5. The Labute approximate surface area is 98.5 Å². The first-order chi connectivity index (χ1) is 7.33. The van der Waals surface area contributed by atoms with E-state index in [0.717, 1.165) is 11.3 Å². The molecule has 0 saturated carbocycles. The van der Waals surface area contributed by atoms with Crippen molar-refractivity contribution in [1.82, 2.24) is 10.2 Å². The maximum absolute atomic E-state index is 5.30. The number of fused-ring (bicyclic) bond motifs is 1. The molecule has 0 spiro atoms. The van der Waals surface area contributed by atoms with Crippen molar-refractivity contribution in [2.45, 2.75) is 0 Å². The molecule has 2 heterocycles. The SMILES string of the molecule is Ic1nnc(-c2ccc3c(c2)OCO3)o1. The summed E-state index contributed by atoms with van der Waals surface area (Å²) in [5, 5.41) is 7.68. The number of nitrogens with zero attached hydrogens (tertiary/aromatic N) is 2. The van der Waals surface area contributed by atoms with Crippen LogP contribution in [0.4, 0.5) is 0 Å². The summed E-state index contributed by atoms with van der Waals surface area (Å²) in [4.78, 5) is 0. The monoisotopic (exact) mass is 316 g/mol. The minimum absolute atomic E-state index is 0.264. The lowest BCUT2D eigenvalue weighted by Gasteiger charge is -1.97. The first-order valence-electron chi connectivity index (χ1n) is 4.22.